The van der Waals surface area contributed by atoms with Gasteiger partial charge in [-0.1, -0.05) is 72.8 Å². The maximum absolute atomic E-state index is 12.3. The van der Waals surface area contributed by atoms with E-state index in [0.29, 0.717) is 11.3 Å². The summed E-state index contributed by atoms with van der Waals surface area (Å²) in [5.74, 6) is 0.550. The summed E-state index contributed by atoms with van der Waals surface area (Å²) in [5, 5.41) is -0.701. The van der Waals surface area contributed by atoms with Gasteiger partial charge < -0.3 is 4.74 Å². The summed E-state index contributed by atoms with van der Waals surface area (Å²) in [6, 6.07) is 26.9. The van der Waals surface area contributed by atoms with E-state index in [0.717, 1.165) is 11.1 Å². The van der Waals surface area contributed by atoms with Gasteiger partial charge in [-0.3, -0.25) is 4.79 Å². The summed E-state index contributed by atoms with van der Waals surface area (Å²) < 4.78 is 5.69. The number of carbonyl (C=O) groups excluding carboxylic acids is 1. The van der Waals surface area contributed by atoms with Crippen molar-refractivity contribution in [2.24, 2.45) is 0 Å². The second-order valence-electron chi connectivity index (χ2n) is 5.05. The van der Waals surface area contributed by atoms with E-state index in [1.54, 1.807) is 12.1 Å². The minimum Gasteiger partial charge on any atom is -0.471 e. The summed E-state index contributed by atoms with van der Waals surface area (Å²) in [5.41, 5.74) is 2.88. The molecule has 1 atom stereocenters. The molecule has 0 aromatic heterocycles. The number of ketones is 1. The zero-order valence-electron chi connectivity index (χ0n) is 12.4. The van der Waals surface area contributed by atoms with Crippen LogP contribution in [0.4, 0.5) is 0 Å². The second-order valence-corrected chi connectivity index (χ2v) is 5.89. The van der Waals surface area contributed by atoms with Crippen molar-refractivity contribution in [2.75, 3.05) is 0 Å². The number of ether oxygens (including phenoxy) is 1. The number of halogens is 1. The Labute approximate surface area is 143 Å². The third-order valence-corrected chi connectivity index (χ3v) is 4.07. The summed E-state index contributed by atoms with van der Waals surface area (Å²) in [4.78, 5) is 12.3. The van der Waals surface area contributed by atoms with Gasteiger partial charge in [-0.15, -0.1) is 0 Å². The van der Waals surface area contributed by atoms with Crippen LogP contribution in [0.15, 0.2) is 84.9 Å². The lowest BCUT2D eigenvalue weighted by atomic mass is 10.1. The van der Waals surface area contributed by atoms with Crippen molar-refractivity contribution in [3.8, 4) is 16.9 Å². The van der Waals surface area contributed by atoms with Crippen LogP contribution in [0.2, 0.25) is 0 Å². The highest BCUT2D eigenvalue weighted by Gasteiger charge is 2.18. The van der Waals surface area contributed by atoms with Crippen molar-refractivity contribution in [3.63, 3.8) is 0 Å². The van der Waals surface area contributed by atoms with E-state index in [-0.39, 0.29) is 5.78 Å². The predicted molar refractivity (Wildman–Crippen MR) is 96.0 cm³/mol. The number of benzene rings is 3. The van der Waals surface area contributed by atoms with E-state index in [1.165, 1.54) is 0 Å². The molecule has 0 aliphatic heterocycles. The quantitative estimate of drug-likeness (QED) is 0.450. The minimum atomic E-state index is -0.701. The first-order chi connectivity index (χ1) is 11.2. The van der Waals surface area contributed by atoms with Gasteiger partial charge in [0.1, 0.15) is 5.75 Å². The third-order valence-electron chi connectivity index (χ3n) is 3.47. The zero-order chi connectivity index (χ0) is 16.1. The third kappa shape index (κ3) is 3.88. The number of hydrogen-bond acceptors (Lipinski definition) is 2. The molecule has 114 valence electrons. The molecule has 3 aromatic rings. The molecule has 0 heterocycles. The smallest absolute Gasteiger partial charge is 0.215 e. The van der Waals surface area contributed by atoms with E-state index in [2.05, 4.69) is 28.1 Å². The largest absolute Gasteiger partial charge is 0.471 e. The Balaban J connectivity index is 1.70. The van der Waals surface area contributed by atoms with Gasteiger partial charge in [0.25, 0.3) is 0 Å². The van der Waals surface area contributed by atoms with Crippen LogP contribution < -0.4 is 4.74 Å². The molecule has 3 rings (SSSR count). The van der Waals surface area contributed by atoms with Gasteiger partial charge in [-0.25, -0.2) is 0 Å². The molecule has 0 saturated heterocycles. The lowest BCUT2D eigenvalue weighted by molar-refractivity contribution is 0.0897. The molecular weight excluding hydrogens is 352 g/mol. The maximum Gasteiger partial charge on any atom is 0.215 e. The van der Waals surface area contributed by atoms with Crippen LogP contribution in [-0.2, 0) is 0 Å². The molecular formula is C20H15BrO2. The molecule has 3 aromatic carbocycles. The lowest BCUT2D eigenvalue weighted by Gasteiger charge is -2.12. The van der Waals surface area contributed by atoms with Crippen molar-refractivity contribution in [1.29, 1.82) is 0 Å². The molecule has 1 unspecified atom stereocenters. The average molecular weight is 367 g/mol. The van der Waals surface area contributed by atoms with E-state index in [9.17, 15) is 4.79 Å². The normalized spacial score (nSPS) is 11.7. The second kappa shape index (κ2) is 7.25. The molecule has 0 bridgehead atoms. The van der Waals surface area contributed by atoms with Crippen LogP contribution in [0.5, 0.6) is 5.75 Å². The fraction of sp³-hybridized carbons (Fsp3) is 0.0500. The molecule has 3 heteroatoms. The van der Waals surface area contributed by atoms with Crippen molar-refractivity contribution in [3.05, 3.63) is 90.5 Å². The van der Waals surface area contributed by atoms with Crippen molar-refractivity contribution in [2.45, 2.75) is 5.01 Å². The monoisotopic (exact) mass is 366 g/mol. The van der Waals surface area contributed by atoms with Crippen LogP contribution in [0.25, 0.3) is 11.1 Å². The van der Waals surface area contributed by atoms with Gasteiger partial charge in [-0.05, 0) is 39.2 Å². The van der Waals surface area contributed by atoms with Gasteiger partial charge >= 0.3 is 0 Å². The Morgan fingerprint density at radius 1 is 0.739 bits per heavy atom. The van der Waals surface area contributed by atoms with Gasteiger partial charge in [0.05, 0.1) is 0 Å². The van der Waals surface area contributed by atoms with E-state index >= 15 is 0 Å². The zero-order valence-corrected chi connectivity index (χ0v) is 13.9. The Bertz CT molecular complexity index is 768. The van der Waals surface area contributed by atoms with Crippen molar-refractivity contribution >= 4 is 21.7 Å². The van der Waals surface area contributed by atoms with Gasteiger partial charge in [0.15, 0.2) is 0 Å². The van der Waals surface area contributed by atoms with E-state index in [1.807, 2.05) is 60.7 Å². The van der Waals surface area contributed by atoms with Crippen LogP contribution in [0.3, 0.4) is 0 Å². The van der Waals surface area contributed by atoms with Crippen molar-refractivity contribution in [1.82, 2.24) is 0 Å². The van der Waals surface area contributed by atoms with E-state index < -0.39 is 5.01 Å². The number of rotatable bonds is 5. The number of hydrogen-bond donors (Lipinski definition) is 0. The number of Topliss-reactive ketones (excluding diaryl/α,β-unsaturated/α-hetero) is 1. The molecule has 0 N–H and O–H groups in total. The first-order valence-electron chi connectivity index (χ1n) is 7.29. The molecule has 0 aliphatic carbocycles. The molecule has 0 aliphatic rings. The lowest BCUT2D eigenvalue weighted by Crippen LogP contribution is -2.20. The fourth-order valence-corrected chi connectivity index (χ4v) is 2.74. The topological polar surface area (TPSA) is 26.3 Å². The fourth-order valence-electron chi connectivity index (χ4n) is 2.26. The Morgan fingerprint density at radius 2 is 1.26 bits per heavy atom. The van der Waals surface area contributed by atoms with Gasteiger partial charge in [0.2, 0.25) is 10.8 Å². The summed E-state index contributed by atoms with van der Waals surface area (Å²) in [7, 11) is 0. The first kappa shape index (κ1) is 15.5. The highest BCUT2D eigenvalue weighted by molar-refractivity contribution is 9.09. The molecule has 2 nitrogen and oxygen atoms in total. The highest BCUT2D eigenvalue weighted by Crippen LogP contribution is 2.24. The molecule has 0 amide bonds. The standard InChI is InChI=1S/C20H15BrO2/c21-20(19(22)17-9-5-2-6-10-17)23-18-13-11-16(12-14-18)15-7-3-1-4-8-15/h1-14,20H. The SMILES string of the molecule is O=C(c1ccccc1)C(Br)Oc1ccc(-c2ccccc2)cc1. The van der Waals surface area contributed by atoms with Gasteiger partial charge in [0, 0.05) is 5.56 Å². The molecule has 0 fully saturated rings. The highest BCUT2D eigenvalue weighted by atomic mass is 79.9. The Kier molecular flexibility index (Phi) is 4.89. The summed E-state index contributed by atoms with van der Waals surface area (Å²) in [6.07, 6.45) is 0. The van der Waals surface area contributed by atoms with Crippen LogP contribution in [0.1, 0.15) is 10.4 Å². The predicted octanol–water partition coefficient (Wildman–Crippen LogP) is 5.34. The summed E-state index contributed by atoms with van der Waals surface area (Å²) >= 11 is 3.31. The minimum absolute atomic E-state index is 0.0993. The molecule has 23 heavy (non-hydrogen) atoms. The Morgan fingerprint density at radius 3 is 1.87 bits per heavy atom. The molecule has 0 radical (unpaired) electrons. The van der Waals surface area contributed by atoms with Gasteiger partial charge in [-0.2, -0.15) is 0 Å². The van der Waals surface area contributed by atoms with E-state index in [4.69, 9.17) is 4.74 Å². The average Bonchev–Trinajstić information content (AvgIpc) is 2.63. The van der Waals surface area contributed by atoms with Crippen molar-refractivity contribution < 1.29 is 9.53 Å². The van der Waals surface area contributed by atoms with Crippen LogP contribution >= 0.6 is 15.9 Å². The Hall–Kier alpha value is -2.39. The first-order valence-corrected chi connectivity index (χ1v) is 8.21. The van der Waals surface area contributed by atoms with Crippen LogP contribution in [-0.4, -0.2) is 10.8 Å². The number of carbonyl (C=O) groups is 1. The molecule has 0 saturated carbocycles. The van der Waals surface area contributed by atoms with Crippen LogP contribution in [0, 0.1) is 0 Å². The summed E-state index contributed by atoms with van der Waals surface area (Å²) in [6.45, 7) is 0. The molecule has 0 spiro atoms. The number of alkyl halides is 1. The maximum atomic E-state index is 12.3.